The molecule has 2 rings (SSSR count). The van der Waals surface area contributed by atoms with Crippen LogP contribution in [-0.4, -0.2) is 23.8 Å². The van der Waals surface area contributed by atoms with E-state index in [9.17, 15) is 9.59 Å². The fourth-order valence-electron chi connectivity index (χ4n) is 1.92. The molecule has 0 unspecified atom stereocenters. The van der Waals surface area contributed by atoms with E-state index in [1.54, 1.807) is 18.2 Å². The van der Waals surface area contributed by atoms with Crippen molar-refractivity contribution in [3.63, 3.8) is 0 Å². The van der Waals surface area contributed by atoms with Crippen molar-refractivity contribution in [3.05, 3.63) is 23.8 Å². The highest BCUT2D eigenvalue weighted by atomic mass is 16.5. The first kappa shape index (κ1) is 12.6. The highest BCUT2D eigenvalue weighted by Gasteiger charge is 2.29. The molecule has 1 aliphatic rings. The molecule has 0 spiro atoms. The van der Waals surface area contributed by atoms with Crippen molar-refractivity contribution in [2.75, 3.05) is 11.9 Å². The minimum atomic E-state index is -0.561. The van der Waals surface area contributed by atoms with Gasteiger partial charge < -0.3 is 15.8 Å². The molecule has 3 N–H and O–H groups in total. The lowest BCUT2D eigenvalue weighted by atomic mass is 10.1. The summed E-state index contributed by atoms with van der Waals surface area (Å²) in [5.41, 5.74) is 5.74. The average molecular weight is 248 g/mol. The first-order chi connectivity index (χ1) is 8.41. The summed E-state index contributed by atoms with van der Waals surface area (Å²) < 4.78 is 5.76. The van der Waals surface area contributed by atoms with Crippen molar-refractivity contribution in [2.45, 2.75) is 25.9 Å². The van der Waals surface area contributed by atoms with Crippen LogP contribution in [0.3, 0.4) is 0 Å². The molecule has 5 nitrogen and oxygen atoms in total. The second kappa shape index (κ2) is 4.42. The first-order valence-corrected chi connectivity index (χ1v) is 5.77. The maximum atomic E-state index is 11.7. The Labute approximate surface area is 105 Å². The molecule has 0 bridgehead atoms. The topological polar surface area (TPSA) is 81.4 Å². The van der Waals surface area contributed by atoms with E-state index in [2.05, 4.69) is 5.32 Å². The number of hydrogen-bond acceptors (Lipinski definition) is 4. The summed E-state index contributed by atoms with van der Waals surface area (Å²) >= 11 is 0. The molecule has 1 aromatic carbocycles. The number of benzene rings is 1. The van der Waals surface area contributed by atoms with Crippen LogP contribution in [0, 0.1) is 0 Å². The molecule has 0 saturated carbocycles. The molecule has 1 aliphatic heterocycles. The zero-order chi connectivity index (χ0) is 13.3. The Kier molecular flexibility index (Phi) is 3.09. The largest absolute Gasteiger partial charge is 0.485 e. The number of carbonyl (C=O) groups is 2. The summed E-state index contributed by atoms with van der Waals surface area (Å²) in [5, 5.41) is 2.74. The summed E-state index contributed by atoms with van der Waals surface area (Å²) in [5.74, 6) is 0.270. The number of fused-ring (bicyclic) bond motifs is 1. The first-order valence-electron chi connectivity index (χ1n) is 5.77. The van der Waals surface area contributed by atoms with Crippen molar-refractivity contribution < 1.29 is 14.3 Å². The zero-order valence-electron chi connectivity index (χ0n) is 10.4. The standard InChI is InChI=1S/C13H16N2O3/c1-13(2)6-12(17)15-9-5-8(10(16)7-14)3-4-11(9)18-13/h3-5H,6-7,14H2,1-2H3,(H,15,17). The maximum Gasteiger partial charge on any atom is 0.228 e. The molecule has 96 valence electrons. The number of Topliss-reactive ketones (excluding diaryl/α,β-unsaturated/α-hetero) is 1. The summed E-state index contributed by atoms with van der Waals surface area (Å²) in [6.07, 6.45) is 0.266. The molecule has 0 radical (unpaired) electrons. The highest BCUT2D eigenvalue weighted by molar-refractivity contribution is 6.00. The van der Waals surface area contributed by atoms with Crippen LogP contribution in [0.1, 0.15) is 30.6 Å². The molecule has 1 aromatic rings. The molecular weight excluding hydrogens is 232 g/mol. The summed E-state index contributed by atoms with van der Waals surface area (Å²) in [7, 11) is 0. The van der Waals surface area contributed by atoms with E-state index in [0.29, 0.717) is 17.0 Å². The van der Waals surface area contributed by atoms with Gasteiger partial charge in [0.25, 0.3) is 0 Å². The van der Waals surface area contributed by atoms with E-state index in [-0.39, 0.29) is 24.7 Å². The van der Waals surface area contributed by atoms with Gasteiger partial charge in [0, 0.05) is 5.56 Å². The normalized spacial score (nSPS) is 17.2. The van der Waals surface area contributed by atoms with Gasteiger partial charge in [-0.25, -0.2) is 0 Å². The number of amides is 1. The Morgan fingerprint density at radius 1 is 1.50 bits per heavy atom. The van der Waals surface area contributed by atoms with Crippen molar-refractivity contribution in [1.29, 1.82) is 0 Å². The number of nitrogens with two attached hydrogens (primary N) is 1. The van der Waals surface area contributed by atoms with E-state index in [1.807, 2.05) is 13.8 Å². The number of anilines is 1. The fraction of sp³-hybridized carbons (Fsp3) is 0.385. The van der Waals surface area contributed by atoms with Crippen LogP contribution in [0.25, 0.3) is 0 Å². The minimum Gasteiger partial charge on any atom is -0.485 e. The van der Waals surface area contributed by atoms with Gasteiger partial charge in [0.15, 0.2) is 5.78 Å². The maximum absolute atomic E-state index is 11.7. The van der Waals surface area contributed by atoms with Gasteiger partial charge in [-0.05, 0) is 32.0 Å². The van der Waals surface area contributed by atoms with Crippen LogP contribution in [0.4, 0.5) is 5.69 Å². The van der Waals surface area contributed by atoms with Crippen LogP contribution >= 0.6 is 0 Å². The zero-order valence-corrected chi connectivity index (χ0v) is 10.4. The van der Waals surface area contributed by atoms with E-state index in [4.69, 9.17) is 10.5 Å². The lowest BCUT2D eigenvalue weighted by molar-refractivity contribution is -0.118. The second-order valence-electron chi connectivity index (χ2n) is 4.92. The number of ether oxygens (including phenoxy) is 1. The van der Waals surface area contributed by atoms with Gasteiger partial charge in [-0.3, -0.25) is 9.59 Å². The van der Waals surface area contributed by atoms with Gasteiger partial charge in [0.2, 0.25) is 5.91 Å². The van der Waals surface area contributed by atoms with Crippen LogP contribution < -0.4 is 15.8 Å². The summed E-state index contributed by atoms with van der Waals surface area (Å²) in [6.45, 7) is 3.64. The molecule has 0 atom stereocenters. The van der Waals surface area contributed by atoms with Crippen molar-refractivity contribution in [3.8, 4) is 5.75 Å². The van der Waals surface area contributed by atoms with Crippen LogP contribution in [0.5, 0.6) is 5.75 Å². The predicted octanol–water partition coefficient (Wildman–Crippen LogP) is 1.33. The Morgan fingerprint density at radius 3 is 2.89 bits per heavy atom. The predicted molar refractivity (Wildman–Crippen MR) is 67.8 cm³/mol. The molecule has 0 fully saturated rings. The Hall–Kier alpha value is -1.88. The quantitative estimate of drug-likeness (QED) is 0.773. The third-order valence-corrected chi connectivity index (χ3v) is 2.73. The average Bonchev–Trinajstić information content (AvgIpc) is 2.40. The molecule has 1 heterocycles. The molecular formula is C13H16N2O3. The number of ketones is 1. The van der Waals surface area contributed by atoms with Crippen molar-refractivity contribution in [2.24, 2.45) is 5.73 Å². The van der Waals surface area contributed by atoms with E-state index in [1.165, 1.54) is 0 Å². The fourth-order valence-corrected chi connectivity index (χ4v) is 1.92. The Morgan fingerprint density at radius 2 is 2.22 bits per heavy atom. The number of hydrogen-bond donors (Lipinski definition) is 2. The monoisotopic (exact) mass is 248 g/mol. The molecule has 18 heavy (non-hydrogen) atoms. The molecule has 0 saturated heterocycles. The number of rotatable bonds is 2. The Bertz CT molecular complexity index is 509. The van der Waals surface area contributed by atoms with Gasteiger partial charge in [-0.1, -0.05) is 0 Å². The van der Waals surface area contributed by atoms with Crippen LogP contribution in [0.2, 0.25) is 0 Å². The minimum absolute atomic E-state index is 0.0565. The Balaban J connectivity index is 2.41. The smallest absolute Gasteiger partial charge is 0.228 e. The molecule has 5 heteroatoms. The summed E-state index contributed by atoms with van der Waals surface area (Å²) in [4.78, 5) is 23.2. The van der Waals surface area contributed by atoms with E-state index < -0.39 is 5.60 Å². The molecule has 0 aliphatic carbocycles. The van der Waals surface area contributed by atoms with Gasteiger partial charge >= 0.3 is 0 Å². The third kappa shape index (κ3) is 2.51. The second-order valence-corrected chi connectivity index (χ2v) is 4.92. The molecule has 1 amide bonds. The van der Waals surface area contributed by atoms with Crippen molar-refractivity contribution in [1.82, 2.24) is 0 Å². The SMILES string of the molecule is CC1(C)CC(=O)Nc2cc(C(=O)CN)ccc2O1. The van der Waals surface area contributed by atoms with E-state index in [0.717, 1.165) is 0 Å². The lowest BCUT2D eigenvalue weighted by Crippen LogP contribution is -2.30. The van der Waals surface area contributed by atoms with Crippen LogP contribution in [0.15, 0.2) is 18.2 Å². The third-order valence-electron chi connectivity index (χ3n) is 2.73. The number of carbonyl (C=O) groups excluding carboxylic acids is 2. The molecule has 0 aromatic heterocycles. The lowest BCUT2D eigenvalue weighted by Gasteiger charge is -2.23. The van der Waals surface area contributed by atoms with Gasteiger partial charge in [0.1, 0.15) is 11.4 Å². The van der Waals surface area contributed by atoms with E-state index >= 15 is 0 Å². The van der Waals surface area contributed by atoms with Crippen LogP contribution in [-0.2, 0) is 4.79 Å². The van der Waals surface area contributed by atoms with Crippen molar-refractivity contribution >= 4 is 17.4 Å². The highest BCUT2D eigenvalue weighted by Crippen LogP contribution is 2.33. The summed E-state index contributed by atoms with van der Waals surface area (Å²) in [6, 6.07) is 4.94. The van der Waals surface area contributed by atoms with Gasteiger partial charge in [-0.15, -0.1) is 0 Å². The number of nitrogens with one attached hydrogen (secondary N) is 1. The van der Waals surface area contributed by atoms with Gasteiger partial charge in [-0.2, -0.15) is 0 Å². The van der Waals surface area contributed by atoms with Gasteiger partial charge in [0.05, 0.1) is 18.7 Å².